The molecule has 2 nitrogen and oxygen atoms in total. The van der Waals surface area contributed by atoms with Crippen LogP contribution in [0.25, 0.3) is 0 Å². The van der Waals surface area contributed by atoms with Crippen molar-refractivity contribution in [3.63, 3.8) is 0 Å². The largest absolute Gasteiger partial charge is 0.494 e. The van der Waals surface area contributed by atoms with E-state index in [0.717, 1.165) is 18.6 Å². The van der Waals surface area contributed by atoms with Gasteiger partial charge in [0.15, 0.2) is 5.78 Å². The Morgan fingerprint density at radius 2 is 2.27 bits per heavy atom. The van der Waals surface area contributed by atoms with Gasteiger partial charge < -0.3 is 4.74 Å². The zero-order valence-electron chi connectivity index (χ0n) is 8.63. The minimum absolute atomic E-state index is 0.169. The highest BCUT2D eigenvalue weighted by atomic mass is 35.5. The molecule has 0 bridgehead atoms. The van der Waals surface area contributed by atoms with Gasteiger partial charge in [-0.25, -0.2) is 0 Å². The molecule has 15 heavy (non-hydrogen) atoms. The third kappa shape index (κ3) is 2.32. The molecule has 2 rings (SSSR count). The van der Waals surface area contributed by atoms with Gasteiger partial charge in [0.2, 0.25) is 0 Å². The van der Waals surface area contributed by atoms with Crippen LogP contribution in [0.5, 0.6) is 5.75 Å². The summed E-state index contributed by atoms with van der Waals surface area (Å²) >= 11 is 6.03. The Morgan fingerprint density at radius 1 is 1.53 bits per heavy atom. The first-order chi connectivity index (χ1) is 7.22. The number of halogens is 1. The molecule has 0 radical (unpaired) electrons. The van der Waals surface area contributed by atoms with Crippen molar-refractivity contribution >= 4 is 17.4 Å². The Hall–Kier alpha value is -1.02. The van der Waals surface area contributed by atoms with Gasteiger partial charge in [-0.2, -0.15) is 0 Å². The lowest BCUT2D eigenvalue weighted by molar-refractivity contribution is 0.0968. The number of hydrogen-bond acceptors (Lipinski definition) is 2. The molecule has 1 aromatic rings. The maximum absolute atomic E-state index is 11.8. The third-order valence-corrected chi connectivity index (χ3v) is 2.78. The fourth-order valence-corrected chi connectivity index (χ4v) is 1.78. The van der Waals surface area contributed by atoms with E-state index in [0.29, 0.717) is 17.2 Å². The van der Waals surface area contributed by atoms with Crippen molar-refractivity contribution in [2.45, 2.75) is 19.8 Å². The Bertz CT molecular complexity index is 383. The quantitative estimate of drug-likeness (QED) is 0.734. The molecule has 0 heterocycles. The molecular formula is C12H13ClO2. The van der Waals surface area contributed by atoms with Crippen LogP contribution in [0.15, 0.2) is 18.2 Å². The van der Waals surface area contributed by atoms with Crippen LogP contribution in [0, 0.1) is 5.92 Å². The van der Waals surface area contributed by atoms with Crippen LogP contribution in [0.2, 0.25) is 5.02 Å². The lowest BCUT2D eigenvalue weighted by Gasteiger charge is -2.06. The summed E-state index contributed by atoms with van der Waals surface area (Å²) in [4.78, 5) is 11.8. The van der Waals surface area contributed by atoms with Crippen molar-refractivity contribution in [3.05, 3.63) is 28.8 Å². The van der Waals surface area contributed by atoms with Gasteiger partial charge in [-0.3, -0.25) is 4.79 Å². The molecule has 0 amide bonds. The molecule has 1 aliphatic rings. The Balaban J connectivity index is 2.21. The molecule has 0 atom stereocenters. The SMILES string of the molecule is CCOc1ccc(C(=O)C2CC2)c(Cl)c1. The summed E-state index contributed by atoms with van der Waals surface area (Å²) in [5, 5.41) is 0.498. The molecule has 3 heteroatoms. The fraction of sp³-hybridized carbons (Fsp3) is 0.417. The molecule has 1 aliphatic carbocycles. The predicted octanol–water partition coefficient (Wildman–Crippen LogP) is 3.33. The zero-order valence-corrected chi connectivity index (χ0v) is 9.38. The second kappa shape index (κ2) is 4.23. The third-order valence-electron chi connectivity index (χ3n) is 2.47. The summed E-state index contributed by atoms with van der Waals surface area (Å²) < 4.78 is 5.30. The van der Waals surface area contributed by atoms with E-state index in [-0.39, 0.29) is 11.7 Å². The van der Waals surface area contributed by atoms with Gasteiger partial charge in [0, 0.05) is 11.5 Å². The topological polar surface area (TPSA) is 26.3 Å². The maximum atomic E-state index is 11.8. The van der Waals surface area contributed by atoms with Crippen LogP contribution in [0.3, 0.4) is 0 Å². The van der Waals surface area contributed by atoms with Crippen LogP contribution >= 0.6 is 11.6 Å². The van der Waals surface area contributed by atoms with Crippen LogP contribution in [0.4, 0.5) is 0 Å². The Kier molecular flexibility index (Phi) is 2.96. The summed E-state index contributed by atoms with van der Waals surface area (Å²) in [6.45, 7) is 2.52. The average molecular weight is 225 g/mol. The monoisotopic (exact) mass is 224 g/mol. The number of Topliss-reactive ketones (excluding diaryl/α,β-unsaturated/α-hetero) is 1. The number of carbonyl (C=O) groups excluding carboxylic acids is 1. The molecule has 0 saturated heterocycles. The van der Waals surface area contributed by atoms with E-state index in [4.69, 9.17) is 16.3 Å². The van der Waals surface area contributed by atoms with Gasteiger partial charge in [0.05, 0.1) is 11.6 Å². The number of rotatable bonds is 4. The summed E-state index contributed by atoms with van der Waals surface area (Å²) in [7, 11) is 0. The number of carbonyl (C=O) groups is 1. The van der Waals surface area contributed by atoms with E-state index in [1.54, 1.807) is 18.2 Å². The van der Waals surface area contributed by atoms with E-state index in [1.807, 2.05) is 6.92 Å². The van der Waals surface area contributed by atoms with E-state index in [2.05, 4.69) is 0 Å². The van der Waals surface area contributed by atoms with Crippen molar-refractivity contribution in [1.82, 2.24) is 0 Å². The molecule has 0 N–H and O–H groups in total. The minimum atomic E-state index is 0.169. The predicted molar refractivity (Wildman–Crippen MR) is 59.7 cm³/mol. The Labute approximate surface area is 94.2 Å². The summed E-state index contributed by atoms with van der Waals surface area (Å²) in [5.41, 5.74) is 0.627. The van der Waals surface area contributed by atoms with Crippen molar-refractivity contribution in [2.24, 2.45) is 5.92 Å². The standard InChI is InChI=1S/C12H13ClO2/c1-2-15-9-5-6-10(11(13)7-9)12(14)8-3-4-8/h5-8H,2-4H2,1H3. The van der Waals surface area contributed by atoms with Gasteiger partial charge in [-0.1, -0.05) is 11.6 Å². The van der Waals surface area contributed by atoms with Gasteiger partial charge >= 0.3 is 0 Å². The van der Waals surface area contributed by atoms with Crippen molar-refractivity contribution < 1.29 is 9.53 Å². The summed E-state index contributed by atoms with van der Waals surface area (Å²) in [6, 6.07) is 5.26. The molecule has 0 aromatic heterocycles. The number of ketones is 1. The highest BCUT2D eigenvalue weighted by molar-refractivity contribution is 6.34. The second-order valence-corrected chi connectivity index (χ2v) is 4.12. The van der Waals surface area contributed by atoms with Crippen molar-refractivity contribution in [2.75, 3.05) is 6.61 Å². The van der Waals surface area contributed by atoms with Crippen LogP contribution in [-0.4, -0.2) is 12.4 Å². The van der Waals surface area contributed by atoms with Crippen LogP contribution < -0.4 is 4.74 Å². The number of ether oxygens (including phenoxy) is 1. The highest BCUT2D eigenvalue weighted by Crippen LogP contribution is 2.35. The van der Waals surface area contributed by atoms with Gasteiger partial charge in [0.25, 0.3) is 0 Å². The first-order valence-corrected chi connectivity index (χ1v) is 5.56. The lowest BCUT2D eigenvalue weighted by Crippen LogP contribution is -2.02. The minimum Gasteiger partial charge on any atom is -0.494 e. The molecule has 0 unspecified atom stereocenters. The van der Waals surface area contributed by atoms with Crippen LogP contribution in [-0.2, 0) is 0 Å². The number of hydrogen-bond donors (Lipinski definition) is 0. The normalized spacial score (nSPS) is 15.1. The second-order valence-electron chi connectivity index (χ2n) is 3.71. The average Bonchev–Trinajstić information content (AvgIpc) is 3.01. The smallest absolute Gasteiger partial charge is 0.167 e. The molecular weight excluding hydrogens is 212 g/mol. The fourth-order valence-electron chi connectivity index (χ4n) is 1.52. The van der Waals surface area contributed by atoms with Gasteiger partial charge in [0.1, 0.15) is 5.75 Å². The van der Waals surface area contributed by atoms with Gasteiger partial charge in [-0.05, 0) is 38.0 Å². The maximum Gasteiger partial charge on any atom is 0.167 e. The summed E-state index contributed by atoms with van der Waals surface area (Å²) in [6.07, 6.45) is 2.00. The summed E-state index contributed by atoms with van der Waals surface area (Å²) in [5.74, 6) is 1.10. The highest BCUT2D eigenvalue weighted by Gasteiger charge is 2.31. The molecule has 0 aliphatic heterocycles. The van der Waals surface area contributed by atoms with E-state index in [1.165, 1.54) is 0 Å². The molecule has 80 valence electrons. The first kappa shape index (κ1) is 10.5. The van der Waals surface area contributed by atoms with Gasteiger partial charge in [-0.15, -0.1) is 0 Å². The first-order valence-electron chi connectivity index (χ1n) is 5.19. The zero-order chi connectivity index (χ0) is 10.8. The Morgan fingerprint density at radius 3 is 2.80 bits per heavy atom. The molecule has 1 saturated carbocycles. The van der Waals surface area contributed by atoms with E-state index in [9.17, 15) is 4.79 Å². The molecule has 1 fully saturated rings. The molecule has 1 aromatic carbocycles. The lowest BCUT2D eigenvalue weighted by atomic mass is 10.1. The van der Waals surface area contributed by atoms with Crippen LogP contribution in [0.1, 0.15) is 30.1 Å². The molecule has 0 spiro atoms. The van der Waals surface area contributed by atoms with E-state index < -0.39 is 0 Å². The van der Waals surface area contributed by atoms with Crippen molar-refractivity contribution in [3.8, 4) is 5.75 Å². The number of benzene rings is 1. The van der Waals surface area contributed by atoms with Crippen molar-refractivity contribution in [1.29, 1.82) is 0 Å². The van der Waals surface area contributed by atoms with E-state index >= 15 is 0 Å².